The number of hydrogen-bond donors (Lipinski definition) is 1. The summed E-state index contributed by atoms with van der Waals surface area (Å²) in [7, 11) is -3.84. The van der Waals surface area contributed by atoms with Crippen LogP contribution in [0.3, 0.4) is 0 Å². The van der Waals surface area contributed by atoms with Gasteiger partial charge in [0.1, 0.15) is 4.90 Å². The number of hydrogen-bond acceptors (Lipinski definition) is 3. The van der Waals surface area contributed by atoms with Crippen molar-refractivity contribution in [2.45, 2.75) is 24.3 Å². The zero-order valence-corrected chi connectivity index (χ0v) is 13.4. The normalized spacial score (nSPS) is 20.1. The van der Waals surface area contributed by atoms with Crippen LogP contribution in [0.5, 0.6) is 0 Å². The van der Waals surface area contributed by atoms with E-state index in [2.05, 4.69) is 5.32 Å². The number of nitrogens with zero attached hydrogens (tertiary/aromatic N) is 1. The molecule has 2 rings (SSSR count). The summed E-state index contributed by atoms with van der Waals surface area (Å²) in [5.74, 6) is -0.913. The first kappa shape index (κ1) is 16.0. The van der Waals surface area contributed by atoms with Crippen LogP contribution in [0.4, 0.5) is 4.39 Å². The Bertz CT molecular complexity index is 635. The first-order valence-corrected chi connectivity index (χ1v) is 8.23. The van der Waals surface area contributed by atoms with E-state index in [0.717, 1.165) is 0 Å². The highest BCUT2D eigenvalue weighted by molar-refractivity contribution is 7.89. The topological polar surface area (TPSA) is 49.4 Å². The molecule has 1 aliphatic rings. The van der Waals surface area contributed by atoms with Crippen LogP contribution in [-0.2, 0) is 10.0 Å². The summed E-state index contributed by atoms with van der Waals surface area (Å²) in [6.07, 6.45) is 0. The van der Waals surface area contributed by atoms with Gasteiger partial charge in [-0.05, 0) is 26.0 Å². The second-order valence-corrected chi connectivity index (χ2v) is 8.01. The Morgan fingerprint density at radius 2 is 2.00 bits per heavy atom. The zero-order valence-electron chi connectivity index (χ0n) is 11.1. The fourth-order valence-corrected chi connectivity index (χ4v) is 4.47. The molecule has 1 aliphatic heterocycles. The molecule has 0 bridgehead atoms. The van der Waals surface area contributed by atoms with E-state index in [1.165, 1.54) is 16.4 Å². The molecule has 0 saturated carbocycles. The summed E-state index contributed by atoms with van der Waals surface area (Å²) < 4.78 is 40.1. The number of nitrogens with one attached hydrogen (secondary N) is 1. The molecule has 1 fully saturated rings. The molecular formula is C12H15Cl2FN2O2S. The average Bonchev–Trinajstić information content (AvgIpc) is 2.34. The molecule has 1 saturated heterocycles. The third kappa shape index (κ3) is 2.94. The van der Waals surface area contributed by atoms with Crippen LogP contribution in [0.1, 0.15) is 13.8 Å². The fraction of sp³-hybridized carbons (Fsp3) is 0.500. The van der Waals surface area contributed by atoms with Crippen LogP contribution in [0.2, 0.25) is 10.0 Å². The van der Waals surface area contributed by atoms with Gasteiger partial charge in [0, 0.05) is 25.2 Å². The molecule has 1 aromatic carbocycles. The molecule has 0 atom stereocenters. The first-order valence-electron chi connectivity index (χ1n) is 6.04. The number of sulfonamides is 1. The molecule has 112 valence electrons. The maximum Gasteiger partial charge on any atom is 0.244 e. The number of piperazine rings is 1. The summed E-state index contributed by atoms with van der Waals surface area (Å²) in [5.41, 5.74) is -0.344. The van der Waals surface area contributed by atoms with Gasteiger partial charge in [0.2, 0.25) is 10.0 Å². The van der Waals surface area contributed by atoms with Crippen LogP contribution in [0.15, 0.2) is 17.0 Å². The highest BCUT2D eigenvalue weighted by atomic mass is 35.5. The van der Waals surface area contributed by atoms with Crippen molar-refractivity contribution in [1.82, 2.24) is 9.62 Å². The molecule has 1 aromatic rings. The lowest BCUT2D eigenvalue weighted by atomic mass is 10.0. The molecule has 20 heavy (non-hydrogen) atoms. The molecule has 0 aliphatic carbocycles. The Morgan fingerprint density at radius 1 is 1.35 bits per heavy atom. The molecule has 0 aromatic heterocycles. The Morgan fingerprint density at radius 3 is 2.60 bits per heavy atom. The van der Waals surface area contributed by atoms with Crippen molar-refractivity contribution >= 4 is 33.2 Å². The quantitative estimate of drug-likeness (QED) is 0.841. The van der Waals surface area contributed by atoms with Crippen LogP contribution in [-0.4, -0.2) is 37.9 Å². The van der Waals surface area contributed by atoms with Gasteiger partial charge in [-0.2, -0.15) is 4.31 Å². The standard InChI is InChI=1S/C12H15Cl2FN2O2S/c1-12(2)7-17(6-5-16-12)20(18,19)9-4-3-8(13)11(15)10(9)14/h3-4,16H,5-7H2,1-2H3. The van der Waals surface area contributed by atoms with Crippen molar-refractivity contribution in [2.75, 3.05) is 19.6 Å². The number of halogens is 3. The smallest absolute Gasteiger partial charge is 0.244 e. The van der Waals surface area contributed by atoms with Gasteiger partial charge in [-0.25, -0.2) is 12.8 Å². The van der Waals surface area contributed by atoms with E-state index >= 15 is 0 Å². The van der Waals surface area contributed by atoms with Gasteiger partial charge in [0.05, 0.1) is 10.0 Å². The average molecular weight is 341 g/mol. The van der Waals surface area contributed by atoms with E-state index in [0.29, 0.717) is 13.1 Å². The highest BCUT2D eigenvalue weighted by Crippen LogP contribution is 2.32. The third-order valence-corrected chi connectivity index (χ3v) is 5.81. The monoisotopic (exact) mass is 340 g/mol. The molecule has 4 nitrogen and oxygen atoms in total. The van der Waals surface area contributed by atoms with Gasteiger partial charge >= 0.3 is 0 Å². The molecule has 0 unspecified atom stereocenters. The summed E-state index contributed by atoms with van der Waals surface area (Å²) in [5, 5.41) is 2.55. The predicted octanol–water partition coefficient (Wildman–Crippen LogP) is 2.51. The molecule has 0 spiro atoms. The van der Waals surface area contributed by atoms with Crippen molar-refractivity contribution in [3.05, 3.63) is 28.0 Å². The van der Waals surface area contributed by atoms with Crippen LogP contribution >= 0.6 is 23.2 Å². The van der Waals surface area contributed by atoms with Gasteiger partial charge in [-0.15, -0.1) is 0 Å². The summed E-state index contributed by atoms with van der Waals surface area (Å²) in [6.45, 7) is 4.93. The Hall–Kier alpha value is -0.400. The van der Waals surface area contributed by atoms with Gasteiger partial charge in [0.25, 0.3) is 0 Å². The molecular weight excluding hydrogens is 326 g/mol. The molecule has 8 heteroatoms. The minimum Gasteiger partial charge on any atom is -0.309 e. The van der Waals surface area contributed by atoms with Crippen LogP contribution < -0.4 is 5.32 Å². The van der Waals surface area contributed by atoms with Gasteiger partial charge < -0.3 is 5.32 Å². The zero-order chi connectivity index (χ0) is 15.1. The predicted molar refractivity (Wildman–Crippen MR) is 77.3 cm³/mol. The van der Waals surface area contributed by atoms with E-state index in [-0.39, 0.29) is 22.0 Å². The Labute approximate surface area is 127 Å². The number of rotatable bonds is 2. The van der Waals surface area contributed by atoms with Crippen molar-refractivity contribution in [1.29, 1.82) is 0 Å². The highest BCUT2D eigenvalue weighted by Gasteiger charge is 2.35. The lowest BCUT2D eigenvalue weighted by molar-refractivity contribution is 0.233. The van der Waals surface area contributed by atoms with Gasteiger partial charge in [-0.1, -0.05) is 23.2 Å². The maximum atomic E-state index is 13.7. The lowest BCUT2D eigenvalue weighted by Crippen LogP contribution is -2.58. The van der Waals surface area contributed by atoms with E-state index in [1.807, 2.05) is 13.8 Å². The lowest BCUT2D eigenvalue weighted by Gasteiger charge is -2.38. The fourth-order valence-electron chi connectivity index (χ4n) is 2.15. The minimum atomic E-state index is -3.84. The third-order valence-electron chi connectivity index (χ3n) is 3.15. The summed E-state index contributed by atoms with van der Waals surface area (Å²) >= 11 is 11.4. The molecule has 0 radical (unpaired) electrons. The molecule has 0 amide bonds. The largest absolute Gasteiger partial charge is 0.309 e. The Balaban J connectivity index is 2.43. The van der Waals surface area contributed by atoms with Crippen molar-refractivity contribution in [3.63, 3.8) is 0 Å². The van der Waals surface area contributed by atoms with E-state index in [4.69, 9.17) is 23.2 Å². The van der Waals surface area contributed by atoms with Crippen molar-refractivity contribution in [2.24, 2.45) is 0 Å². The van der Waals surface area contributed by atoms with E-state index in [9.17, 15) is 12.8 Å². The van der Waals surface area contributed by atoms with Crippen LogP contribution in [0, 0.1) is 5.82 Å². The van der Waals surface area contributed by atoms with Crippen molar-refractivity contribution in [3.8, 4) is 0 Å². The minimum absolute atomic E-state index is 0.199. The van der Waals surface area contributed by atoms with E-state index in [1.54, 1.807) is 0 Å². The van der Waals surface area contributed by atoms with Gasteiger partial charge in [-0.3, -0.25) is 0 Å². The summed E-state index contributed by atoms with van der Waals surface area (Å²) in [4.78, 5) is -0.251. The summed E-state index contributed by atoms with van der Waals surface area (Å²) in [6, 6.07) is 2.43. The van der Waals surface area contributed by atoms with Gasteiger partial charge in [0.15, 0.2) is 5.82 Å². The maximum absolute atomic E-state index is 13.7. The van der Waals surface area contributed by atoms with E-state index < -0.39 is 20.9 Å². The molecule has 1 heterocycles. The second kappa shape index (κ2) is 5.42. The Kier molecular flexibility index (Phi) is 4.33. The first-order chi connectivity index (χ1) is 9.15. The number of benzene rings is 1. The SMILES string of the molecule is CC1(C)CN(S(=O)(=O)c2ccc(Cl)c(F)c2Cl)CCN1. The second-order valence-electron chi connectivity index (χ2n) is 5.32. The van der Waals surface area contributed by atoms with Crippen molar-refractivity contribution < 1.29 is 12.8 Å². The van der Waals surface area contributed by atoms with Crippen LogP contribution in [0.25, 0.3) is 0 Å². The molecule has 1 N–H and O–H groups in total.